The van der Waals surface area contributed by atoms with Crippen LogP contribution in [0.15, 0.2) is 127 Å². The Morgan fingerprint density at radius 2 is 1.34 bits per heavy atom. The highest BCUT2D eigenvalue weighted by molar-refractivity contribution is 6.26. The van der Waals surface area contributed by atoms with Gasteiger partial charge in [-0.05, 0) is 53.4 Å². The first-order valence-corrected chi connectivity index (χ1v) is 13.3. The van der Waals surface area contributed by atoms with E-state index in [9.17, 15) is 14.4 Å². The molecule has 0 spiro atoms. The molecular formula is C34H24N2O5. The van der Waals surface area contributed by atoms with Crippen molar-refractivity contribution in [1.82, 2.24) is 0 Å². The maximum absolute atomic E-state index is 14.1. The van der Waals surface area contributed by atoms with Crippen molar-refractivity contribution in [3.63, 3.8) is 0 Å². The second-order valence-electron chi connectivity index (χ2n) is 9.99. The molecule has 7 nitrogen and oxygen atoms in total. The van der Waals surface area contributed by atoms with Gasteiger partial charge in [-0.25, -0.2) is 14.8 Å². The summed E-state index contributed by atoms with van der Waals surface area (Å²) in [6.45, 7) is 0. The van der Waals surface area contributed by atoms with Gasteiger partial charge in [-0.15, -0.1) is 0 Å². The first-order chi connectivity index (χ1) is 20.1. The second kappa shape index (κ2) is 10.0. The van der Waals surface area contributed by atoms with Gasteiger partial charge in [0.15, 0.2) is 6.10 Å². The Kier molecular flexibility index (Phi) is 6.06. The van der Waals surface area contributed by atoms with Gasteiger partial charge in [-0.3, -0.25) is 14.4 Å². The maximum Gasteiger partial charge on any atom is 0.343 e. The molecule has 0 unspecified atom stereocenters. The monoisotopic (exact) mass is 540 g/mol. The van der Waals surface area contributed by atoms with Crippen LogP contribution in [0.3, 0.4) is 0 Å². The summed E-state index contributed by atoms with van der Waals surface area (Å²) in [6, 6.07) is 37.8. The number of fused-ring (bicyclic) bond motifs is 2. The van der Waals surface area contributed by atoms with Crippen molar-refractivity contribution < 1.29 is 24.0 Å². The number of hydroxylamine groups is 1. The molecule has 3 atom stereocenters. The number of benzene rings is 5. The number of rotatable bonds is 5. The highest BCUT2D eigenvalue weighted by Crippen LogP contribution is 2.48. The number of hydrogen-bond donors (Lipinski definition) is 0. The Morgan fingerprint density at radius 3 is 2.10 bits per heavy atom. The first-order valence-electron chi connectivity index (χ1n) is 13.3. The topological polar surface area (TPSA) is 76.2 Å². The lowest BCUT2D eigenvalue weighted by Gasteiger charge is -2.29. The van der Waals surface area contributed by atoms with E-state index in [1.54, 1.807) is 59.7 Å². The van der Waals surface area contributed by atoms with E-state index < -0.39 is 29.9 Å². The summed E-state index contributed by atoms with van der Waals surface area (Å²) in [5, 5.41) is 3.40. The van der Waals surface area contributed by atoms with Gasteiger partial charge in [0.1, 0.15) is 11.7 Å². The van der Waals surface area contributed by atoms with Gasteiger partial charge in [0.25, 0.3) is 5.91 Å². The number of esters is 1. The van der Waals surface area contributed by atoms with Gasteiger partial charge >= 0.3 is 5.97 Å². The molecule has 2 amide bonds. The highest BCUT2D eigenvalue weighted by atomic mass is 16.7. The summed E-state index contributed by atoms with van der Waals surface area (Å²) in [5.41, 5.74) is 2.47. The molecule has 2 fully saturated rings. The quantitative estimate of drug-likeness (QED) is 0.152. The predicted octanol–water partition coefficient (Wildman–Crippen LogP) is 6.11. The van der Waals surface area contributed by atoms with E-state index in [1.807, 2.05) is 72.8 Å². The second-order valence-corrected chi connectivity index (χ2v) is 9.99. The van der Waals surface area contributed by atoms with E-state index in [1.165, 1.54) is 4.90 Å². The zero-order valence-corrected chi connectivity index (χ0v) is 21.8. The molecule has 2 saturated heterocycles. The first kappa shape index (κ1) is 24.7. The van der Waals surface area contributed by atoms with Crippen molar-refractivity contribution in [2.24, 2.45) is 5.92 Å². The number of carbonyl (C=O) groups is 3. The molecule has 2 aliphatic heterocycles. The third-order valence-corrected chi connectivity index (χ3v) is 7.58. The van der Waals surface area contributed by atoms with Crippen LogP contribution in [-0.2, 0) is 14.4 Å². The summed E-state index contributed by atoms with van der Waals surface area (Å²) in [7, 11) is 0. The fourth-order valence-corrected chi connectivity index (χ4v) is 5.67. The fourth-order valence-electron chi connectivity index (χ4n) is 5.67. The van der Waals surface area contributed by atoms with Gasteiger partial charge in [-0.2, -0.15) is 0 Å². The van der Waals surface area contributed by atoms with E-state index in [2.05, 4.69) is 0 Å². The molecule has 7 heteroatoms. The summed E-state index contributed by atoms with van der Waals surface area (Å²) in [5.74, 6) is -1.58. The lowest BCUT2D eigenvalue weighted by atomic mass is 9.90. The average molecular weight is 541 g/mol. The summed E-state index contributed by atoms with van der Waals surface area (Å²) in [6.07, 6.45) is -0.984. The summed E-state index contributed by atoms with van der Waals surface area (Å²) < 4.78 is 5.56. The van der Waals surface area contributed by atoms with E-state index in [0.717, 1.165) is 22.0 Å². The molecule has 7 rings (SSSR count). The van der Waals surface area contributed by atoms with Crippen molar-refractivity contribution in [3.8, 4) is 5.75 Å². The van der Waals surface area contributed by atoms with Crippen LogP contribution < -0.4 is 14.7 Å². The van der Waals surface area contributed by atoms with E-state index in [0.29, 0.717) is 17.0 Å². The number of anilines is 2. The molecule has 200 valence electrons. The van der Waals surface area contributed by atoms with Crippen LogP contribution in [0, 0.1) is 5.92 Å². The Labute approximate surface area is 236 Å². The van der Waals surface area contributed by atoms with Crippen molar-refractivity contribution in [3.05, 3.63) is 139 Å². The molecule has 5 aromatic carbocycles. The normalized spacial score (nSPS) is 20.0. The number of para-hydroxylation sites is 1. The van der Waals surface area contributed by atoms with Crippen molar-refractivity contribution in [2.45, 2.75) is 12.1 Å². The molecule has 0 saturated carbocycles. The molecule has 2 aliphatic rings. The van der Waals surface area contributed by atoms with Crippen LogP contribution in [0.5, 0.6) is 5.75 Å². The zero-order valence-electron chi connectivity index (χ0n) is 21.8. The fraction of sp³-hybridized carbons (Fsp3) is 0.0882. The number of amides is 2. The van der Waals surface area contributed by atoms with Gasteiger partial charge in [0, 0.05) is 5.39 Å². The Bertz CT molecular complexity index is 1770. The van der Waals surface area contributed by atoms with Gasteiger partial charge < -0.3 is 4.74 Å². The molecule has 0 bridgehead atoms. The summed E-state index contributed by atoms with van der Waals surface area (Å²) in [4.78, 5) is 48.0. The minimum absolute atomic E-state index is 0.320. The van der Waals surface area contributed by atoms with Gasteiger partial charge in [0.2, 0.25) is 5.91 Å². The molecular weight excluding hydrogens is 516 g/mol. The van der Waals surface area contributed by atoms with Crippen LogP contribution in [0.2, 0.25) is 0 Å². The van der Waals surface area contributed by atoms with E-state index >= 15 is 0 Å². The minimum Gasteiger partial charge on any atom is -0.423 e. The third-order valence-electron chi connectivity index (χ3n) is 7.58. The molecule has 5 aromatic rings. The molecule has 2 heterocycles. The number of nitrogens with zero attached hydrogens (tertiary/aromatic N) is 2. The van der Waals surface area contributed by atoms with Crippen molar-refractivity contribution in [1.29, 1.82) is 0 Å². The maximum atomic E-state index is 14.1. The summed E-state index contributed by atoms with van der Waals surface area (Å²) >= 11 is 0. The highest BCUT2D eigenvalue weighted by Gasteiger charge is 2.60. The lowest BCUT2D eigenvalue weighted by molar-refractivity contribution is -0.126. The molecule has 0 aliphatic carbocycles. The van der Waals surface area contributed by atoms with Crippen LogP contribution in [0.1, 0.15) is 22.0 Å². The Balaban J connectivity index is 1.24. The predicted molar refractivity (Wildman–Crippen MR) is 154 cm³/mol. The third kappa shape index (κ3) is 4.23. The van der Waals surface area contributed by atoms with Crippen LogP contribution in [0.25, 0.3) is 10.8 Å². The number of ether oxygens (including phenoxy) is 1. The van der Waals surface area contributed by atoms with Crippen LogP contribution in [0.4, 0.5) is 11.4 Å². The SMILES string of the molecule is O=C(Oc1ccc([C@H]2[C@H]3C(=O)N(c4cccc5ccccc45)C(=O)[C@@H]3ON2c2ccccc2)cc1)c1ccccc1. The van der Waals surface area contributed by atoms with E-state index in [-0.39, 0.29) is 5.91 Å². The van der Waals surface area contributed by atoms with Gasteiger partial charge in [0.05, 0.1) is 23.0 Å². The number of carbonyl (C=O) groups excluding carboxylic acids is 3. The minimum atomic E-state index is -0.984. The molecule has 0 radical (unpaired) electrons. The van der Waals surface area contributed by atoms with Crippen molar-refractivity contribution >= 4 is 39.9 Å². The smallest absolute Gasteiger partial charge is 0.343 e. The largest absolute Gasteiger partial charge is 0.423 e. The number of hydrogen-bond acceptors (Lipinski definition) is 6. The molecule has 41 heavy (non-hydrogen) atoms. The standard InChI is InChI=1S/C34H24N2O5/c37-32-29-30(23-18-20-26(21-19-23)40-34(39)24-11-3-1-4-12-24)36(25-14-5-2-6-15-25)41-31(29)33(38)35(32)28-17-9-13-22-10-7-8-16-27(22)28/h1-21,29-31H/t29-,30+,31-/m1/s1. The Morgan fingerprint density at radius 1 is 0.683 bits per heavy atom. The van der Waals surface area contributed by atoms with Crippen LogP contribution in [-0.4, -0.2) is 23.9 Å². The Hall–Kier alpha value is -5.27. The average Bonchev–Trinajstić information content (AvgIpc) is 3.53. The van der Waals surface area contributed by atoms with E-state index in [4.69, 9.17) is 9.57 Å². The zero-order chi connectivity index (χ0) is 27.9. The van der Waals surface area contributed by atoms with Crippen molar-refractivity contribution in [2.75, 3.05) is 9.96 Å². The molecule has 0 aromatic heterocycles. The van der Waals surface area contributed by atoms with Crippen LogP contribution >= 0.6 is 0 Å². The lowest BCUT2D eigenvalue weighted by Crippen LogP contribution is -2.37. The molecule has 0 N–H and O–H groups in total. The number of imide groups is 1. The van der Waals surface area contributed by atoms with Gasteiger partial charge in [-0.1, -0.05) is 84.9 Å².